The Morgan fingerprint density at radius 1 is 1.03 bits per heavy atom. The Morgan fingerprint density at radius 2 is 1.81 bits per heavy atom. The molecule has 0 unspecified atom stereocenters. The summed E-state index contributed by atoms with van der Waals surface area (Å²) in [6.07, 6.45) is 3.38. The summed E-state index contributed by atoms with van der Waals surface area (Å²) in [4.78, 5) is 22.0. The quantitative estimate of drug-likeness (QED) is 0.479. The van der Waals surface area contributed by atoms with E-state index in [0.29, 0.717) is 29.8 Å². The van der Waals surface area contributed by atoms with E-state index in [1.165, 1.54) is 10.2 Å². The zero-order valence-electron chi connectivity index (χ0n) is 17.9. The highest BCUT2D eigenvalue weighted by Crippen LogP contribution is 2.20. The molecular formula is C25H25N5O. The van der Waals surface area contributed by atoms with Gasteiger partial charge in [0.2, 0.25) is 5.95 Å². The smallest absolute Gasteiger partial charge is 0.281 e. The number of rotatable bonds is 6. The molecule has 0 aliphatic heterocycles. The monoisotopic (exact) mass is 411 g/mol. The van der Waals surface area contributed by atoms with E-state index in [2.05, 4.69) is 58.5 Å². The highest BCUT2D eigenvalue weighted by atomic mass is 16.2. The number of aromatic nitrogens is 4. The number of pyridine rings is 1. The Kier molecular flexibility index (Phi) is 5.89. The third-order valence-corrected chi connectivity index (χ3v) is 5.19. The fraction of sp³-hybridized carbons (Fsp3) is 0.200. The fourth-order valence-electron chi connectivity index (χ4n) is 3.31. The molecule has 4 rings (SSSR count). The molecule has 0 radical (unpaired) electrons. The van der Waals surface area contributed by atoms with Gasteiger partial charge in [-0.25, -0.2) is 0 Å². The maximum Gasteiger partial charge on any atom is 0.281 e. The van der Waals surface area contributed by atoms with Gasteiger partial charge in [0, 0.05) is 30.1 Å². The summed E-state index contributed by atoms with van der Waals surface area (Å²) in [6, 6.07) is 19.6. The van der Waals surface area contributed by atoms with Gasteiger partial charge in [-0.3, -0.25) is 9.78 Å². The van der Waals surface area contributed by atoms with Crippen LogP contribution in [0, 0.1) is 6.92 Å². The minimum absolute atomic E-state index is 0.224. The Hall–Kier alpha value is -3.80. The summed E-state index contributed by atoms with van der Waals surface area (Å²) in [5.41, 5.74) is 4.63. The van der Waals surface area contributed by atoms with E-state index in [9.17, 15) is 4.79 Å². The van der Waals surface area contributed by atoms with Crippen LogP contribution >= 0.6 is 0 Å². The largest absolute Gasteiger partial charge is 0.350 e. The van der Waals surface area contributed by atoms with Gasteiger partial charge in [0.25, 0.3) is 5.91 Å². The molecule has 0 atom stereocenters. The van der Waals surface area contributed by atoms with Gasteiger partial charge in [-0.15, -0.1) is 5.10 Å². The predicted octanol–water partition coefficient (Wildman–Crippen LogP) is 5.07. The SMILES string of the molecule is Cc1ccccc1C(=O)n1nc(-c2cccnc2)nc1NCc1ccc(C(C)C)cc1. The van der Waals surface area contributed by atoms with Crippen LogP contribution in [0.3, 0.4) is 0 Å². The lowest BCUT2D eigenvalue weighted by molar-refractivity contribution is 0.0947. The predicted molar refractivity (Wildman–Crippen MR) is 122 cm³/mol. The minimum atomic E-state index is -0.224. The van der Waals surface area contributed by atoms with Gasteiger partial charge in [-0.2, -0.15) is 9.67 Å². The maximum absolute atomic E-state index is 13.3. The molecule has 0 spiro atoms. The van der Waals surface area contributed by atoms with Gasteiger partial charge in [0.05, 0.1) is 0 Å². The summed E-state index contributed by atoms with van der Waals surface area (Å²) in [5, 5.41) is 7.79. The van der Waals surface area contributed by atoms with Crippen molar-refractivity contribution in [3.05, 3.63) is 95.3 Å². The standard InChI is InChI=1S/C25H25N5O/c1-17(2)20-12-10-19(11-13-20)15-27-25-28-23(21-8-6-14-26-16-21)29-30(25)24(31)22-9-5-4-7-18(22)3/h4-14,16-17H,15H2,1-3H3,(H,27,28,29). The zero-order chi connectivity index (χ0) is 21.8. The summed E-state index contributed by atoms with van der Waals surface area (Å²) in [6.45, 7) is 6.79. The average Bonchev–Trinajstić information content (AvgIpc) is 3.23. The second kappa shape index (κ2) is 8.92. The number of aryl methyl sites for hydroxylation is 1. The molecule has 0 aliphatic carbocycles. The van der Waals surface area contributed by atoms with Crippen molar-refractivity contribution in [3.63, 3.8) is 0 Å². The van der Waals surface area contributed by atoms with E-state index in [-0.39, 0.29) is 5.91 Å². The first-order valence-electron chi connectivity index (χ1n) is 10.3. The molecule has 4 aromatic rings. The molecule has 2 heterocycles. The third-order valence-electron chi connectivity index (χ3n) is 5.19. The first kappa shape index (κ1) is 20.5. The van der Waals surface area contributed by atoms with Crippen LogP contribution in [0.2, 0.25) is 0 Å². The number of carbonyl (C=O) groups is 1. The highest BCUT2D eigenvalue weighted by Gasteiger charge is 2.20. The zero-order valence-corrected chi connectivity index (χ0v) is 17.9. The van der Waals surface area contributed by atoms with Crippen LogP contribution in [0.15, 0.2) is 73.1 Å². The van der Waals surface area contributed by atoms with E-state index >= 15 is 0 Å². The van der Waals surface area contributed by atoms with Gasteiger partial charge in [0.1, 0.15) is 0 Å². The Balaban J connectivity index is 1.65. The summed E-state index contributed by atoms with van der Waals surface area (Å²) >= 11 is 0. The number of carbonyl (C=O) groups excluding carboxylic acids is 1. The lowest BCUT2D eigenvalue weighted by Crippen LogP contribution is -2.18. The van der Waals surface area contributed by atoms with E-state index < -0.39 is 0 Å². The Labute approximate surface area is 182 Å². The van der Waals surface area contributed by atoms with Crippen molar-refractivity contribution in [1.29, 1.82) is 0 Å². The first-order valence-corrected chi connectivity index (χ1v) is 10.3. The number of hydrogen-bond acceptors (Lipinski definition) is 5. The van der Waals surface area contributed by atoms with E-state index in [1.54, 1.807) is 18.5 Å². The van der Waals surface area contributed by atoms with Gasteiger partial charge in [0.15, 0.2) is 5.82 Å². The number of hydrogen-bond donors (Lipinski definition) is 1. The van der Waals surface area contributed by atoms with Crippen molar-refractivity contribution in [1.82, 2.24) is 19.7 Å². The van der Waals surface area contributed by atoms with Crippen molar-refractivity contribution < 1.29 is 4.79 Å². The fourth-order valence-corrected chi connectivity index (χ4v) is 3.31. The lowest BCUT2D eigenvalue weighted by atomic mass is 10.0. The summed E-state index contributed by atoms with van der Waals surface area (Å²) in [7, 11) is 0. The third kappa shape index (κ3) is 4.53. The Bertz CT molecular complexity index is 1180. The molecule has 0 fully saturated rings. The molecule has 0 saturated heterocycles. The Morgan fingerprint density at radius 3 is 2.48 bits per heavy atom. The molecule has 31 heavy (non-hydrogen) atoms. The number of nitrogens with zero attached hydrogens (tertiary/aromatic N) is 4. The molecule has 6 heteroatoms. The number of benzene rings is 2. The maximum atomic E-state index is 13.3. The van der Waals surface area contributed by atoms with Gasteiger partial charge >= 0.3 is 0 Å². The second-order valence-corrected chi connectivity index (χ2v) is 7.78. The number of anilines is 1. The van der Waals surface area contributed by atoms with E-state index in [0.717, 1.165) is 16.7 Å². The van der Waals surface area contributed by atoms with Crippen LogP contribution in [-0.2, 0) is 6.54 Å². The van der Waals surface area contributed by atoms with Crippen LogP contribution in [0.5, 0.6) is 0 Å². The van der Waals surface area contributed by atoms with E-state index in [4.69, 9.17) is 0 Å². The number of nitrogens with one attached hydrogen (secondary N) is 1. The molecule has 0 bridgehead atoms. The normalized spacial score (nSPS) is 11.0. The van der Waals surface area contributed by atoms with Crippen molar-refractivity contribution in [2.75, 3.05) is 5.32 Å². The van der Waals surface area contributed by atoms with Crippen molar-refractivity contribution in [3.8, 4) is 11.4 Å². The van der Waals surface area contributed by atoms with Gasteiger partial charge in [-0.1, -0.05) is 56.3 Å². The molecule has 0 aliphatic rings. The van der Waals surface area contributed by atoms with Crippen molar-refractivity contribution >= 4 is 11.9 Å². The van der Waals surface area contributed by atoms with Crippen molar-refractivity contribution in [2.24, 2.45) is 0 Å². The van der Waals surface area contributed by atoms with Crippen LogP contribution in [0.4, 0.5) is 5.95 Å². The van der Waals surface area contributed by atoms with Crippen LogP contribution < -0.4 is 5.32 Å². The molecular weight excluding hydrogens is 386 g/mol. The van der Waals surface area contributed by atoms with Gasteiger partial charge in [-0.05, 0) is 47.7 Å². The average molecular weight is 412 g/mol. The molecule has 0 saturated carbocycles. The second-order valence-electron chi connectivity index (χ2n) is 7.78. The highest BCUT2D eigenvalue weighted by molar-refractivity contribution is 5.98. The molecule has 156 valence electrons. The molecule has 1 N–H and O–H groups in total. The van der Waals surface area contributed by atoms with Crippen LogP contribution in [0.1, 0.15) is 46.8 Å². The van der Waals surface area contributed by atoms with Crippen LogP contribution in [-0.4, -0.2) is 25.7 Å². The molecule has 0 amide bonds. The molecule has 2 aromatic heterocycles. The summed E-state index contributed by atoms with van der Waals surface area (Å²) < 4.78 is 1.34. The summed E-state index contributed by atoms with van der Waals surface area (Å²) in [5.74, 6) is 1.12. The minimum Gasteiger partial charge on any atom is -0.350 e. The topological polar surface area (TPSA) is 72.7 Å². The first-order chi connectivity index (χ1) is 15.0. The van der Waals surface area contributed by atoms with E-state index in [1.807, 2.05) is 37.3 Å². The molecule has 6 nitrogen and oxygen atoms in total. The van der Waals surface area contributed by atoms with Crippen LogP contribution in [0.25, 0.3) is 11.4 Å². The van der Waals surface area contributed by atoms with Crippen molar-refractivity contribution in [2.45, 2.75) is 33.2 Å². The molecule has 2 aromatic carbocycles. The lowest BCUT2D eigenvalue weighted by Gasteiger charge is -2.10. The van der Waals surface area contributed by atoms with Gasteiger partial charge < -0.3 is 5.32 Å².